The molecule has 16 heavy (non-hydrogen) atoms. The molecule has 0 spiro atoms. The van der Waals surface area contributed by atoms with Gasteiger partial charge in [-0.2, -0.15) is 13.2 Å². The van der Waals surface area contributed by atoms with E-state index in [2.05, 4.69) is 5.32 Å². The molecule has 1 nitrogen and oxygen atoms in total. The van der Waals surface area contributed by atoms with Crippen LogP contribution >= 0.6 is 0 Å². The highest BCUT2D eigenvalue weighted by Crippen LogP contribution is 2.29. The zero-order valence-electron chi connectivity index (χ0n) is 8.85. The van der Waals surface area contributed by atoms with E-state index >= 15 is 0 Å². The van der Waals surface area contributed by atoms with Gasteiger partial charge in [0.25, 0.3) is 0 Å². The number of alkyl halides is 3. The molecule has 1 aromatic rings. The first-order valence-electron chi connectivity index (χ1n) is 5.42. The normalized spacial score (nSPS) is 16.4. The van der Waals surface area contributed by atoms with Gasteiger partial charge in [0.1, 0.15) is 0 Å². The molecule has 1 N–H and O–H groups in total. The Kier molecular flexibility index (Phi) is 3.19. The van der Waals surface area contributed by atoms with Crippen LogP contribution in [0.2, 0.25) is 0 Å². The Hall–Kier alpha value is -1.03. The topological polar surface area (TPSA) is 12.0 Å². The highest BCUT2D eigenvalue weighted by Gasteiger charge is 2.29. The smallest absolute Gasteiger partial charge is 0.312 e. The van der Waals surface area contributed by atoms with E-state index in [1.54, 1.807) is 0 Å². The van der Waals surface area contributed by atoms with Crippen LogP contribution in [0.25, 0.3) is 0 Å². The van der Waals surface area contributed by atoms with Crippen molar-refractivity contribution in [2.75, 3.05) is 6.54 Å². The van der Waals surface area contributed by atoms with Gasteiger partial charge in [-0.1, -0.05) is 12.1 Å². The molecular formula is C12H14F3N. The third-order valence-corrected chi connectivity index (χ3v) is 2.74. The lowest BCUT2D eigenvalue weighted by Gasteiger charge is -2.08. The summed E-state index contributed by atoms with van der Waals surface area (Å²) in [5.74, 6) is 0.787. The van der Waals surface area contributed by atoms with Gasteiger partial charge in [-0.25, -0.2) is 0 Å². The van der Waals surface area contributed by atoms with Crippen LogP contribution in [0.1, 0.15) is 24.0 Å². The molecule has 0 aliphatic heterocycles. The molecule has 1 fully saturated rings. The van der Waals surface area contributed by atoms with Crippen LogP contribution in [0.15, 0.2) is 24.3 Å². The molecule has 1 aromatic carbocycles. The van der Waals surface area contributed by atoms with E-state index in [9.17, 15) is 13.2 Å². The minimum atomic E-state index is -4.24. The minimum Gasteiger partial charge on any atom is -0.312 e. The van der Waals surface area contributed by atoms with E-state index in [0.29, 0.717) is 6.54 Å². The molecule has 0 bridgehead atoms. The van der Waals surface area contributed by atoms with Crippen molar-refractivity contribution in [1.82, 2.24) is 5.32 Å². The summed E-state index contributed by atoms with van der Waals surface area (Å²) in [5.41, 5.74) is 0.312. The Balaban J connectivity index is 1.85. The van der Waals surface area contributed by atoms with E-state index < -0.39 is 11.7 Å². The molecule has 0 aromatic heterocycles. The fourth-order valence-electron chi connectivity index (χ4n) is 1.55. The molecule has 0 heterocycles. The monoisotopic (exact) mass is 229 g/mol. The average molecular weight is 229 g/mol. The summed E-state index contributed by atoms with van der Waals surface area (Å²) in [6.45, 7) is 1.62. The van der Waals surface area contributed by atoms with Gasteiger partial charge in [0.2, 0.25) is 0 Å². The number of hydrogen-bond donors (Lipinski definition) is 1. The largest absolute Gasteiger partial charge is 0.416 e. The predicted molar refractivity (Wildman–Crippen MR) is 55.9 cm³/mol. The van der Waals surface area contributed by atoms with Crippen LogP contribution < -0.4 is 5.32 Å². The first-order chi connectivity index (χ1) is 7.55. The quantitative estimate of drug-likeness (QED) is 0.836. The van der Waals surface area contributed by atoms with Crippen LogP contribution in [-0.4, -0.2) is 6.54 Å². The maximum Gasteiger partial charge on any atom is 0.416 e. The molecular weight excluding hydrogens is 215 g/mol. The van der Waals surface area contributed by atoms with Gasteiger partial charge >= 0.3 is 6.18 Å². The van der Waals surface area contributed by atoms with Crippen molar-refractivity contribution in [3.63, 3.8) is 0 Å². The standard InChI is InChI=1S/C12H14F3N/c13-12(14,15)11-5-3-10(4-6-11)8-16-7-9-1-2-9/h3-6,9,16H,1-2,7-8H2. The number of halogens is 3. The highest BCUT2D eigenvalue weighted by atomic mass is 19.4. The molecule has 1 aliphatic carbocycles. The summed E-state index contributed by atoms with van der Waals surface area (Å²) < 4.78 is 36.8. The Morgan fingerprint density at radius 2 is 1.75 bits per heavy atom. The Bertz CT molecular complexity index is 338. The number of hydrogen-bond acceptors (Lipinski definition) is 1. The van der Waals surface area contributed by atoms with Crippen molar-refractivity contribution in [2.45, 2.75) is 25.6 Å². The zero-order valence-corrected chi connectivity index (χ0v) is 8.85. The molecule has 1 aliphatic rings. The first kappa shape index (κ1) is 11.5. The Morgan fingerprint density at radius 3 is 2.25 bits per heavy atom. The summed E-state index contributed by atoms with van der Waals surface area (Å²) in [6.07, 6.45) is -1.68. The summed E-state index contributed by atoms with van der Waals surface area (Å²) >= 11 is 0. The van der Waals surface area contributed by atoms with Crippen molar-refractivity contribution in [1.29, 1.82) is 0 Å². The van der Waals surface area contributed by atoms with Gasteiger partial charge < -0.3 is 5.32 Å². The van der Waals surface area contributed by atoms with Gasteiger partial charge in [-0.05, 0) is 43.0 Å². The third-order valence-electron chi connectivity index (χ3n) is 2.74. The summed E-state index contributed by atoms with van der Waals surface area (Å²) in [6, 6.07) is 5.33. The lowest BCUT2D eigenvalue weighted by Crippen LogP contribution is -2.16. The van der Waals surface area contributed by atoms with E-state index in [0.717, 1.165) is 30.2 Å². The maximum absolute atomic E-state index is 12.3. The Morgan fingerprint density at radius 1 is 1.12 bits per heavy atom. The van der Waals surface area contributed by atoms with Crippen LogP contribution in [0.3, 0.4) is 0 Å². The molecule has 88 valence electrons. The number of nitrogens with one attached hydrogen (secondary N) is 1. The molecule has 0 unspecified atom stereocenters. The summed E-state index contributed by atoms with van der Waals surface area (Å²) in [4.78, 5) is 0. The molecule has 1 saturated carbocycles. The lowest BCUT2D eigenvalue weighted by molar-refractivity contribution is -0.137. The van der Waals surface area contributed by atoms with Crippen molar-refractivity contribution in [3.05, 3.63) is 35.4 Å². The predicted octanol–water partition coefficient (Wildman–Crippen LogP) is 3.21. The van der Waals surface area contributed by atoms with Gasteiger partial charge in [0, 0.05) is 6.54 Å². The van der Waals surface area contributed by atoms with Crippen LogP contribution in [0.5, 0.6) is 0 Å². The fourth-order valence-corrected chi connectivity index (χ4v) is 1.55. The van der Waals surface area contributed by atoms with E-state index in [-0.39, 0.29) is 0 Å². The van der Waals surface area contributed by atoms with Crippen molar-refractivity contribution >= 4 is 0 Å². The van der Waals surface area contributed by atoms with E-state index in [1.165, 1.54) is 25.0 Å². The minimum absolute atomic E-state index is 0.585. The second-order valence-electron chi connectivity index (χ2n) is 4.27. The van der Waals surface area contributed by atoms with Crippen LogP contribution in [0, 0.1) is 5.92 Å². The van der Waals surface area contributed by atoms with Gasteiger partial charge in [0.05, 0.1) is 5.56 Å². The summed E-state index contributed by atoms with van der Waals surface area (Å²) in [7, 11) is 0. The molecule has 0 atom stereocenters. The summed E-state index contributed by atoms with van der Waals surface area (Å²) in [5, 5.41) is 3.24. The molecule has 2 rings (SSSR count). The second-order valence-corrected chi connectivity index (χ2v) is 4.27. The first-order valence-corrected chi connectivity index (χ1v) is 5.42. The Labute approximate surface area is 92.7 Å². The van der Waals surface area contributed by atoms with Gasteiger partial charge in [-0.15, -0.1) is 0 Å². The van der Waals surface area contributed by atoms with Crippen LogP contribution in [-0.2, 0) is 12.7 Å². The number of benzene rings is 1. The molecule has 0 amide bonds. The highest BCUT2D eigenvalue weighted by molar-refractivity contribution is 5.24. The van der Waals surface area contributed by atoms with E-state index in [1.807, 2.05) is 0 Å². The number of rotatable bonds is 4. The van der Waals surface area contributed by atoms with Crippen molar-refractivity contribution in [3.8, 4) is 0 Å². The second kappa shape index (κ2) is 4.45. The third kappa shape index (κ3) is 3.23. The lowest BCUT2D eigenvalue weighted by atomic mass is 10.1. The zero-order chi connectivity index (χ0) is 11.6. The van der Waals surface area contributed by atoms with Gasteiger partial charge in [0.15, 0.2) is 0 Å². The van der Waals surface area contributed by atoms with Gasteiger partial charge in [-0.3, -0.25) is 0 Å². The van der Waals surface area contributed by atoms with Crippen LogP contribution in [0.4, 0.5) is 13.2 Å². The SMILES string of the molecule is FC(F)(F)c1ccc(CNCC2CC2)cc1. The van der Waals surface area contributed by atoms with Crippen molar-refractivity contribution < 1.29 is 13.2 Å². The fraction of sp³-hybridized carbons (Fsp3) is 0.500. The molecule has 0 saturated heterocycles. The molecule has 4 heteroatoms. The molecule has 0 radical (unpaired) electrons. The maximum atomic E-state index is 12.3. The van der Waals surface area contributed by atoms with E-state index in [4.69, 9.17) is 0 Å². The van der Waals surface area contributed by atoms with Crippen molar-refractivity contribution in [2.24, 2.45) is 5.92 Å². The average Bonchev–Trinajstić information content (AvgIpc) is 3.01.